The summed E-state index contributed by atoms with van der Waals surface area (Å²) in [5, 5.41) is 13.4. The lowest BCUT2D eigenvalue weighted by Crippen LogP contribution is -2.12. The van der Waals surface area contributed by atoms with Crippen LogP contribution in [0, 0.1) is 0 Å². The molecule has 5 rings (SSSR count). The van der Waals surface area contributed by atoms with Crippen LogP contribution >= 0.6 is 0 Å². The molecular weight excluding hydrogens is 445 g/mol. The SMILES string of the molecule is O=C(O)c1ccc2c(c1)nc(Nc1ccc3ncccc3c1)n2Cc1ccccc1C(F)(F)F. The zero-order valence-electron chi connectivity index (χ0n) is 17.5. The third-order valence-corrected chi connectivity index (χ3v) is 5.51. The first-order chi connectivity index (χ1) is 16.3. The fourth-order valence-electron chi connectivity index (χ4n) is 3.91. The molecule has 170 valence electrons. The summed E-state index contributed by atoms with van der Waals surface area (Å²) in [4.78, 5) is 20.2. The van der Waals surface area contributed by atoms with Gasteiger partial charge in [0.1, 0.15) is 0 Å². The minimum Gasteiger partial charge on any atom is -0.478 e. The van der Waals surface area contributed by atoms with Gasteiger partial charge in [-0.1, -0.05) is 24.3 Å². The van der Waals surface area contributed by atoms with Gasteiger partial charge in [-0.05, 0) is 54.1 Å². The number of benzene rings is 3. The number of anilines is 2. The van der Waals surface area contributed by atoms with Crippen molar-refractivity contribution < 1.29 is 23.1 Å². The van der Waals surface area contributed by atoms with E-state index in [-0.39, 0.29) is 23.6 Å². The number of rotatable bonds is 5. The van der Waals surface area contributed by atoms with E-state index < -0.39 is 17.7 Å². The van der Waals surface area contributed by atoms with Gasteiger partial charge in [-0.3, -0.25) is 4.98 Å². The molecule has 0 fully saturated rings. The molecule has 0 unspecified atom stereocenters. The highest BCUT2D eigenvalue weighted by Gasteiger charge is 2.33. The highest BCUT2D eigenvalue weighted by molar-refractivity contribution is 5.93. The predicted octanol–water partition coefficient (Wildman–Crippen LogP) is 6.09. The van der Waals surface area contributed by atoms with Gasteiger partial charge in [-0.2, -0.15) is 13.2 Å². The van der Waals surface area contributed by atoms with Crippen molar-refractivity contribution in [2.75, 3.05) is 5.32 Å². The summed E-state index contributed by atoms with van der Waals surface area (Å²) in [5.41, 5.74) is 1.70. The topological polar surface area (TPSA) is 80.0 Å². The Balaban J connectivity index is 1.63. The second-order valence-electron chi connectivity index (χ2n) is 7.72. The summed E-state index contributed by atoms with van der Waals surface area (Å²) in [6.07, 6.45) is -2.82. The van der Waals surface area contributed by atoms with Crippen molar-refractivity contribution in [3.63, 3.8) is 0 Å². The number of hydrogen-bond donors (Lipinski definition) is 2. The van der Waals surface area contributed by atoms with Crippen molar-refractivity contribution in [2.45, 2.75) is 12.7 Å². The highest BCUT2D eigenvalue weighted by atomic mass is 19.4. The molecule has 9 heteroatoms. The molecule has 5 aromatic rings. The van der Waals surface area contributed by atoms with Gasteiger partial charge >= 0.3 is 12.1 Å². The molecule has 0 atom stereocenters. The third-order valence-electron chi connectivity index (χ3n) is 5.51. The lowest BCUT2D eigenvalue weighted by Gasteiger charge is -2.16. The number of hydrogen-bond acceptors (Lipinski definition) is 4. The van der Waals surface area contributed by atoms with Gasteiger partial charge in [0.2, 0.25) is 5.95 Å². The van der Waals surface area contributed by atoms with Crippen molar-refractivity contribution in [2.24, 2.45) is 0 Å². The molecule has 34 heavy (non-hydrogen) atoms. The first-order valence-electron chi connectivity index (χ1n) is 10.3. The molecule has 0 aliphatic heterocycles. The number of alkyl halides is 3. The smallest absolute Gasteiger partial charge is 0.416 e. The second-order valence-corrected chi connectivity index (χ2v) is 7.72. The molecular formula is C25H17F3N4O2. The summed E-state index contributed by atoms with van der Waals surface area (Å²) >= 11 is 0. The Labute approximate surface area is 191 Å². The summed E-state index contributed by atoms with van der Waals surface area (Å²) < 4.78 is 42.5. The maximum atomic E-state index is 13.6. The fourth-order valence-corrected chi connectivity index (χ4v) is 3.91. The number of pyridine rings is 1. The summed E-state index contributed by atoms with van der Waals surface area (Å²) in [6, 6.07) is 18.9. The Morgan fingerprint density at radius 2 is 1.79 bits per heavy atom. The van der Waals surface area contributed by atoms with Crippen LogP contribution < -0.4 is 5.32 Å². The summed E-state index contributed by atoms with van der Waals surface area (Å²) in [6.45, 7) is -0.115. The van der Waals surface area contributed by atoms with Gasteiger partial charge < -0.3 is 15.0 Å². The number of carbonyl (C=O) groups is 1. The average Bonchev–Trinajstić information content (AvgIpc) is 3.14. The number of nitrogens with one attached hydrogen (secondary N) is 1. The van der Waals surface area contributed by atoms with Crippen LogP contribution in [0.3, 0.4) is 0 Å². The Bertz CT molecular complexity index is 1540. The van der Waals surface area contributed by atoms with Crippen LogP contribution in [0.25, 0.3) is 21.9 Å². The van der Waals surface area contributed by atoms with Crippen LogP contribution in [0.15, 0.2) is 79.0 Å². The monoisotopic (exact) mass is 462 g/mol. The van der Waals surface area contributed by atoms with E-state index in [1.54, 1.807) is 29.0 Å². The van der Waals surface area contributed by atoms with E-state index >= 15 is 0 Å². The van der Waals surface area contributed by atoms with Crippen LogP contribution in [-0.4, -0.2) is 25.6 Å². The normalized spacial score (nSPS) is 11.7. The Kier molecular flexibility index (Phi) is 5.16. The van der Waals surface area contributed by atoms with Crippen molar-refractivity contribution in [1.29, 1.82) is 0 Å². The van der Waals surface area contributed by atoms with E-state index in [0.29, 0.717) is 16.7 Å². The predicted molar refractivity (Wildman–Crippen MR) is 122 cm³/mol. The Morgan fingerprint density at radius 1 is 0.971 bits per heavy atom. The largest absolute Gasteiger partial charge is 0.478 e. The molecule has 0 aliphatic rings. The van der Waals surface area contributed by atoms with Gasteiger partial charge in [0.15, 0.2) is 0 Å². The number of fused-ring (bicyclic) bond motifs is 2. The average molecular weight is 462 g/mol. The number of imidazole rings is 1. The van der Waals surface area contributed by atoms with Crippen LogP contribution in [0.4, 0.5) is 24.8 Å². The van der Waals surface area contributed by atoms with Gasteiger partial charge in [-0.15, -0.1) is 0 Å². The van der Waals surface area contributed by atoms with Gasteiger partial charge in [-0.25, -0.2) is 9.78 Å². The maximum Gasteiger partial charge on any atom is 0.416 e. The highest BCUT2D eigenvalue weighted by Crippen LogP contribution is 2.34. The van der Waals surface area contributed by atoms with Gasteiger partial charge in [0, 0.05) is 17.3 Å². The fraction of sp³-hybridized carbons (Fsp3) is 0.0800. The Hall–Kier alpha value is -4.40. The zero-order valence-corrected chi connectivity index (χ0v) is 17.5. The van der Waals surface area contributed by atoms with E-state index in [1.165, 1.54) is 24.3 Å². The van der Waals surface area contributed by atoms with E-state index in [9.17, 15) is 23.1 Å². The van der Waals surface area contributed by atoms with Gasteiger partial charge in [0.25, 0.3) is 0 Å². The number of aromatic nitrogens is 3. The van der Waals surface area contributed by atoms with E-state index in [4.69, 9.17) is 0 Å². The van der Waals surface area contributed by atoms with Crippen LogP contribution in [0.2, 0.25) is 0 Å². The lowest BCUT2D eigenvalue weighted by atomic mass is 10.1. The molecule has 0 spiro atoms. The molecule has 0 aliphatic carbocycles. The van der Waals surface area contributed by atoms with Crippen molar-refractivity contribution in [3.8, 4) is 0 Å². The lowest BCUT2D eigenvalue weighted by molar-refractivity contribution is -0.138. The van der Waals surface area contributed by atoms with Crippen molar-refractivity contribution in [1.82, 2.24) is 14.5 Å². The van der Waals surface area contributed by atoms with Crippen LogP contribution in [-0.2, 0) is 12.7 Å². The maximum absolute atomic E-state index is 13.6. The molecule has 3 aromatic carbocycles. The van der Waals surface area contributed by atoms with Crippen molar-refractivity contribution in [3.05, 3.63) is 95.7 Å². The van der Waals surface area contributed by atoms with Gasteiger partial charge in [0.05, 0.1) is 34.2 Å². The second kappa shape index (κ2) is 8.18. The number of carboxylic acid groups (broad SMARTS) is 1. The first kappa shape index (κ1) is 21.4. The minimum atomic E-state index is -4.51. The molecule has 0 saturated carbocycles. The molecule has 2 aromatic heterocycles. The quantitative estimate of drug-likeness (QED) is 0.330. The molecule has 0 radical (unpaired) electrons. The minimum absolute atomic E-state index is 0.0381. The summed E-state index contributed by atoms with van der Waals surface area (Å²) in [7, 11) is 0. The number of halogens is 3. The molecule has 6 nitrogen and oxygen atoms in total. The number of carboxylic acids is 1. The van der Waals surface area contributed by atoms with Crippen molar-refractivity contribution >= 4 is 39.5 Å². The van der Waals surface area contributed by atoms with E-state index in [2.05, 4.69) is 15.3 Å². The van der Waals surface area contributed by atoms with E-state index in [1.807, 2.05) is 24.3 Å². The standard InChI is InChI=1S/C25H17F3N4O2/c26-25(27,28)19-6-2-1-4-17(19)14-32-22-10-7-16(23(33)34)13-21(22)31-24(32)30-18-8-9-20-15(12-18)5-3-11-29-20/h1-13H,14H2,(H,30,31)(H,33,34). The third kappa shape index (κ3) is 4.03. The van der Waals surface area contributed by atoms with Crippen LogP contribution in [0.5, 0.6) is 0 Å². The molecule has 2 heterocycles. The Morgan fingerprint density at radius 3 is 2.59 bits per heavy atom. The molecule has 0 amide bonds. The number of nitrogens with zero attached hydrogens (tertiary/aromatic N) is 3. The molecule has 0 bridgehead atoms. The zero-order chi connectivity index (χ0) is 23.9. The molecule has 2 N–H and O–H groups in total. The van der Waals surface area contributed by atoms with Crippen LogP contribution in [0.1, 0.15) is 21.5 Å². The van der Waals surface area contributed by atoms with E-state index in [0.717, 1.165) is 17.0 Å². The molecule has 0 saturated heterocycles. The first-order valence-corrected chi connectivity index (χ1v) is 10.3. The summed E-state index contributed by atoms with van der Waals surface area (Å²) in [5.74, 6) is -0.826. The number of aromatic carboxylic acids is 1.